The number of nitrogens with zero attached hydrogens (tertiary/aromatic N) is 2. The van der Waals surface area contributed by atoms with E-state index in [1.807, 2.05) is 4.90 Å². The fraction of sp³-hybridized carbons (Fsp3) is 0.421. The van der Waals surface area contributed by atoms with Crippen molar-refractivity contribution in [2.45, 2.75) is 19.3 Å². The number of ether oxygens (including phenoxy) is 2. The van der Waals surface area contributed by atoms with E-state index in [0.717, 1.165) is 36.9 Å². The number of carboxylic acids is 1. The minimum atomic E-state index is -1.00. The number of hydrogen-bond donors (Lipinski definition) is 2. The van der Waals surface area contributed by atoms with Gasteiger partial charge in [0, 0.05) is 36.6 Å². The molecular weight excluding hydrogens is 334 g/mol. The van der Waals surface area contributed by atoms with Crippen LogP contribution in [0.2, 0.25) is 0 Å². The summed E-state index contributed by atoms with van der Waals surface area (Å²) in [6.07, 6.45) is 5.92. The smallest absolute Gasteiger partial charge is 0.339 e. The molecule has 138 valence electrons. The standard InChI is InChI=1S/C19H23N3O4/c1-25-16-9-13(5-6-15(16)19(23)24)22-12-26-17-10-14(11-20-18(17)22)21-7-3-2-4-8-21/h5-6,9-10,20H,2-4,7-8,11-12H2,1H3,(H,23,24). The first kappa shape index (κ1) is 16.6. The second-order valence-corrected chi connectivity index (χ2v) is 6.64. The van der Waals surface area contributed by atoms with Crippen LogP contribution in [0.5, 0.6) is 5.75 Å². The monoisotopic (exact) mass is 357 g/mol. The number of aromatic carboxylic acids is 1. The van der Waals surface area contributed by atoms with Gasteiger partial charge in [0.15, 0.2) is 18.3 Å². The highest BCUT2D eigenvalue weighted by atomic mass is 16.5. The molecule has 0 atom stereocenters. The minimum absolute atomic E-state index is 0.148. The Kier molecular flexibility index (Phi) is 4.36. The van der Waals surface area contributed by atoms with Crippen molar-refractivity contribution in [2.24, 2.45) is 0 Å². The Hall–Kier alpha value is -2.83. The van der Waals surface area contributed by atoms with Crippen molar-refractivity contribution >= 4 is 11.7 Å². The summed E-state index contributed by atoms with van der Waals surface area (Å²) < 4.78 is 11.1. The van der Waals surface area contributed by atoms with Crippen molar-refractivity contribution in [2.75, 3.05) is 38.4 Å². The van der Waals surface area contributed by atoms with Crippen molar-refractivity contribution < 1.29 is 19.4 Å². The summed E-state index contributed by atoms with van der Waals surface area (Å²) in [6.45, 7) is 3.36. The summed E-state index contributed by atoms with van der Waals surface area (Å²) in [7, 11) is 1.48. The fourth-order valence-corrected chi connectivity index (χ4v) is 3.68. The summed E-state index contributed by atoms with van der Waals surface area (Å²) >= 11 is 0. The number of benzene rings is 1. The molecule has 1 aromatic carbocycles. The van der Waals surface area contributed by atoms with Gasteiger partial charge in [0.1, 0.15) is 11.3 Å². The quantitative estimate of drug-likeness (QED) is 0.857. The lowest BCUT2D eigenvalue weighted by molar-refractivity contribution is 0.0693. The van der Waals surface area contributed by atoms with Crippen LogP contribution in [0, 0.1) is 0 Å². The number of piperidine rings is 1. The van der Waals surface area contributed by atoms with Gasteiger partial charge < -0.3 is 24.8 Å². The van der Waals surface area contributed by atoms with E-state index in [-0.39, 0.29) is 5.56 Å². The number of rotatable bonds is 4. The summed E-state index contributed by atoms with van der Waals surface area (Å²) in [4.78, 5) is 15.7. The molecule has 26 heavy (non-hydrogen) atoms. The Morgan fingerprint density at radius 1 is 1.27 bits per heavy atom. The molecule has 1 fully saturated rings. The molecule has 0 spiro atoms. The van der Waals surface area contributed by atoms with Gasteiger partial charge in [-0.3, -0.25) is 4.90 Å². The number of carboxylic acid groups (broad SMARTS) is 1. The molecule has 0 radical (unpaired) electrons. The Labute approximate surface area is 152 Å². The van der Waals surface area contributed by atoms with Crippen molar-refractivity contribution in [1.82, 2.24) is 10.2 Å². The van der Waals surface area contributed by atoms with Gasteiger partial charge in [-0.25, -0.2) is 4.79 Å². The highest BCUT2D eigenvalue weighted by Gasteiger charge is 2.29. The van der Waals surface area contributed by atoms with Gasteiger partial charge in [-0.15, -0.1) is 0 Å². The van der Waals surface area contributed by atoms with Gasteiger partial charge in [-0.2, -0.15) is 0 Å². The molecule has 3 aliphatic rings. The zero-order valence-corrected chi connectivity index (χ0v) is 14.8. The van der Waals surface area contributed by atoms with Crippen LogP contribution in [-0.2, 0) is 4.74 Å². The van der Waals surface area contributed by atoms with Crippen molar-refractivity contribution in [3.63, 3.8) is 0 Å². The van der Waals surface area contributed by atoms with Gasteiger partial charge >= 0.3 is 5.97 Å². The first-order valence-corrected chi connectivity index (χ1v) is 8.92. The highest BCUT2D eigenvalue weighted by Crippen LogP contribution is 2.33. The lowest BCUT2D eigenvalue weighted by atomic mass is 10.1. The van der Waals surface area contributed by atoms with E-state index in [1.54, 1.807) is 18.2 Å². The molecule has 3 heterocycles. The third kappa shape index (κ3) is 2.94. The number of anilines is 1. The molecule has 7 heteroatoms. The van der Waals surface area contributed by atoms with Gasteiger partial charge in [-0.05, 0) is 31.4 Å². The molecule has 7 nitrogen and oxygen atoms in total. The number of methoxy groups -OCH3 is 1. The predicted molar refractivity (Wildman–Crippen MR) is 96.9 cm³/mol. The average molecular weight is 357 g/mol. The molecule has 1 saturated heterocycles. The molecule has 1 aromatic rings. The zero-order valence-electron chi connectivity index (χ0n) is 14.8. The van der Waals surface area contributed by atoms with Crippen LogP contribution in [0.25, 0.3) is 0 Å². The number of dihydropyridines is 1. The minimum Gasteiger partial charge on any atom is -0.496 e. The van der Waals surface area contributed by atoms with Crippen LogP contribution in [0.15, 0.2) is 41.6 Å². The lowest BCUT2D eigenvalue weighted by Crippen LogP contribution is -2.38. The molecule has 0 bridgehead atoms. The molecule has 0 amide bonds. The number of nitrogens with one attached hydrogen (secondary N) is 1. The van der Waals surface area contributed by atoms with Crippen LogP contribution in [0.3, 0.4) is 0 Å². The van der Waals surface area contributed by atoms with Crippen LogP contribution in [-0.4, -0.2) is 49.5 Å². The molecule has 0 aromatic heterocycles. The predicted octanol–water partition coefficient (Wildman–Crippen LogP) is 2.33. The molecule has 0 aliphatic carbocycles. The van der Waals surface area contributed by atoms with E-state index in [9.17, 15) is 9.90 Å². The molecule has 0 unspecified atom stereocenters. The normalized spacial score (nSPS) is 19.5. The molecule has 2 N–H and O–H groups in total. The molecule has 4 rings (SSSR count). The third-order valence-electron chi connectivity index (χ3n) is 5.08. The SMILES string of the molecule is COc1cc(N2COC3=C2NCC(N2CCCCC2)=C3)ccc1C(=O)O. The Morgan fingerprint density at radius 3 is 2.81 bits per heavy atom. The summed E-state index contributed by atoms with van der Waals surface area (Å²) in [5.74, 6) is 1.08. The average Bonchev–Trinajstić information content (AvgIpc) is 3.11. The molecule has 3 aliphatic heterocycles. The Bertz CT molecular complexity index is 781. The van der Waals surface area contributed by atoms with Crippen LogP contribution >= 0.6 is 0 Å². The van der Waals surface area contributed by atoms with Gasteiger partial charge in [0.25, 0.3) is 0 Å². The summed E-state index contributed by atoms with van der Waals surface area (Å²) in [5.41, 5.74) is 2.25. The van der Waals surface area contributed by atoms with Crippen molar-refractivity contribution in [3.05, 3.63) is 47.1 Å². The number of likely N-dealkylation sites (tertiary alicyclic amines) is 1. The van der Waals surface area contributed by atoms with E-state index in [1.165, 1.54) is 32.1 Å². The van der Waals surface area contributed by atoms with Crippen LogP contribution in [0.4, 0.5) is 5.69 Å². The van der Waals surface area contributed by atoms with E-state index < -0.39 is 5.97 Å². The van der Waals surface area contributed by atoms with E-state index in [0.29, 0.717) is 12.5 Å². The first-order valence-electron chi connectivity index (χ1n) is 8.92. The maximum atomic E-state index is 11.3. The largest absolute Gasteiger partial charge is 0.496 e. The Morgan fingerprint density at radius 2 is 2.08 bits per heavy atom. The maximum absolute atomic E-state index is 11.3. The van der Waals surface area contributed by atoms with Crippen LogP contribution in [0.1, 0.15) is 29.6 Å². The van der Waals surface area contributed by atoms with E-state index in [2.05, 4.69) is 16.3 Å². The van der Waals surface area contributed by atoms with Gasteiger partial charge in [0.05, 0.1) is 13.7 Å². The summed E-state index contributed by atoms with van der Waals surface area (Å²) in [6, 6.07) is 5.07. The van der Waals surface area contributed by atoms with Gasteiger partial charge in [0.2, 0.25) is 0 Å². The molecule has 0 saturated carbocycles. The second-order valence-electron chi connectivity index (χ2n) is 6.64. The van der Waals surface area contributed by atoms with Gasteiger partial charge in [-0.1, -0.05) is 0 Å². The zero-order chi connectivity index (χ0) is 18.1. The maximum Gasteiger partial charge on any atom is 0.339 e. The fourth-order valence-electron chi connectivity index (χ4n) is 3.68. The number of allylic oxidation sites excluding steroid dienone is 1. The number of hydrogen-bond acceptors (Lipinski definition) is 6. The first-order chi connectivity index (χ1) is 12.7. The number of carbonyl (C=O) groups is 1. The van der Waals surface area contributed by atoms with Crippen LogP contribution < -0.4 is 15.0 Å². The van der Waals surface area contributed by atoms with Crippen molar-refractivity contribution in [1.29, 1.82) is 0 Å². The van der Waals surface area contributed by atoms with Crippen molar-refractivity contribution in [3.8, 4) is 5.75 Å². The topological polar surface area (TPSA) is 74.3 Å². The molecular formula is C19H23N3O4. The van der Waals surface area contributed by atoms with E-state index >= 15 is 0 Å². The second kappa shape index (κ2) is 6.82. The Balaban J connectivity index is 1.59. The highest BCUT2D eigenvalue weighted by molar-refractivity contribution is 5.91. The third-order valence-corrected chi connectivity index (χ3v) is 5.08. The van der Waals surface area contributed by atoms with E-state index in [4.69, 9.17) is 9.47 Å². The summed E-state index contributed by atoms with van der Waals surface area (Å²) in [5, 5.41) is 12.7. The lowest BCUT2D eigenvalue weighted by Gasteiger charge is -2.33.